The summed E-state index contributed by atoms with van der Waals surface area (Å²) >= 11 is 2.03. The van der Waals surface area contributed by atoms with Gasteiger partial charge in [-0.3, -0.25) is 4.90 Å². The van der Waals surface area contributed by atoms with E-state index in [-0.39, 0.29) is 0 Å². The van der Waals surface area contributed by atoms with Gasteiger partial charge in [0.25, 0.3) is 0 Å². The monoisotopic (exact) mass is 278 g/mol. The molecule has 0 radical (unpaired) electrons. The van der Waals surface area contributed by atoms with Crippen LogP contribution in [0, 0.1) is 0 Å². The summed E-state index contributed by atoms with van der Waals surface area (Å²) in [5.74, 6) is 0. The molecule has 1 aromatic carbocycles. The molecule has 0 spiro atoms. The summed E-state index contributed by atoms with van der Waals surface area (Å²) in [7, 11) is 0. The minimum atomic E-state index is 0.710. The number of rotatable bonds is 5. The predicted molar refractivity (Wildman–Crippen MR) is 79.9 cm³/mol. The molecule has 2 aliphatic heterocycles. The Kier molecular flexibility index (Phi) is 4.77. The number of ether oxygens (including phenoxy) is 1. The first-order valence-corrected chi connectivity index (χ1v) is 8.05. The molecule has 0 saturated carbocycles. The van der Waals surface area contributed by atoms with Crippen molar-refractivity contribution in [3.8, 4) is 0 Å². The molecule has 19 heavy (non-hydrogen) atoms. The standard InChI is InChI=1S/C15H22N2OS/c1-2-4-15-13(3-1)11-14(19-15)12-16-5-6-17-7-9-18-10-8-17/h1-4,14,16H,5-12H2. The van der Waals surface area contributed by atoms with E-state index in [9.17, 15) is 0 Å². The average molecular weight is 278 g/mol. The van der Waals surface area contributed by atoms with E-state index in [1.54, 1.807) is 0 Å². The summed E-state index contributed by atoms with van der Waals surface area (Å²) in [5.41, 5.74) is 1.52. The Hall–Kier alpha value is -0.550. The second-order valence-electron chi connectivity index (χ2n) is 5.21. The van der Waals surface area contributed by atoms with Crippen LogP contribution in [0.4, 0.5) is 0 Å². The number of nitrogens with one attached hydrogen (secondary N) is 1. The second kappa shape index (κ2) is 6.75. The third kappa shape index (κ3) is 3.72. The Morgan fingerprint density at radius 3 is 2.95 bits per heavy atom. The van der Waals surface area contributed by atoms with E-state index in [4.69, 9.17) is 4.74 Å². The lowest BCUT2D eigenvalue weighted by molar-refractivity contribution is 0.0384. The summed E-state index contributed by atoms with van der Waals surface area (Å²) < 4.78 is 5.36. The smallest absolute Gasteiger partial charge is 0.0594 e. The zero-order chi connectivity index (χ0) is 12.9. The number of fused-ring (bicyclic) bond motifs is 1. The highest BCUT2D eigenvalue weighted by Gasteiger charge is 2.21. The van der Waals surface area contributed by atoms with E-state index in [0.29, 0.717) is 5.25 Å². The van der Waals surface area contributed by atoms with Gasteiger partial charge in [0.05, 0.1) is 13.2 Å². The quantitative estimate of drug-likeness (QED) is 0.827. The highest BCUT2D eigenvalue weighted by molar-refractivity contribution is 8.00. The van der Waals surface area contributed by atoms with Crippen molar-refractivity contribution in [3.63, 3.8) is 0 Å². The number of morpholine rings is 1. The van der Waals surface area contributed by atoms with Crippen LogP contribution in [-0.4, -0.2) is 56.1 Å². The molecule has 0 amide bonds. The van der Waals surface area contributed by atoms with Gasteiger partial charge in [-0.15, -0.1) is 11.8 Å². The van der Waals surface area contributed by atoms with Gasteiger partial charge >= 0.3 is 0 Å². The number of hydrogen-bond acceptors (Lipinski definition) is 4. The van der Waals surface area contributed by atoms with Gasteiger partial charge in [0, 0.05) is 42.9 Å². The maximum atomic E-state index is 5.36. The summed E-state index contributed by atoms with van der Waals surface area (Å²) in [6, 6.07) is 8.79. The lowest BCUT2D eigenvalue weighted by Crippen LogP contribution is -2.41. The van der Waals surface area contributed by atoms with Gasteiger partial charge in [-0.25, -0.2) is 0 Å². The number of benzene rings is 1. The van der Waals surface area contributed by atoms with Gasteiger partial charge in [-0.05, 0) is 18.1 Å². The first-order valence-electron chi connectivity index (χ1n) is 7.17. The summed E-state index contributed by atoms with van der Waals surface area (Å²) in [4.78, 5) is 3.95. The van der Waals surface area contributed by atoms with Crippen LogP contribution in [0.5, 0.6) is 0 Å². The molecule has 0 aliphatic carbocycles. The normalized spacial score (nSPS) is 23.5. The van der Waals surface area contributed by atoms with Crippen molar-refractivity contribution in [2.45, 2.75) is 16.6 Å². The predicted octanol–water partition coefficient (Wildman–Crippen LogP) is 1.63. The maximum Gasteiger partial charge on any atom is 0.0594 e. The van der Waals surface area contributed by atoms with Gasteiger partial charge in [0.15, 0.2) is 0 Å². The highest BCUT2D eigenvalue weighted by Crippen LogP contribution is 2.36. The molecule has 2 aliphatic rings. The molecule has 1 fully saturated rings. The Morgan fingerprint density at radius 1 is 1.26 bits per heavy atom. The molecule has 1 N–H and O–H groups in total. The van der Waals surface area contributed by atoms with E-state index in [0.717, 1.165) is 45.9 Å². The lowest BCUT2D eigenvalue weighted by Gasteiger charge is -2.26. The van der Waals surface area contributed by atoms with E-state index in [1.807, 2.05) is 11.8 Å². The van der Waals surface area contributed by atoms with Crippen molar-refractivity contribution in [3.05, 3.63) is 29.8 Å². The van der Waals surface area contributed by atoms with Crippen molar-refractivity contribution >= 4 is 11.8 Å². The Labute approximate surface area is 119 Å². The Balaban J connectivity index is 1.33. The number of nitrogens with zero attached hydrogens (tertiary/aromatic N) is 1. The molecule has 1 aromatic rings. The molecule has 1 saturated heterocycles. The van der Waals surface area contributed by atoms with Gasteiger partial charge in [0.2, 0.25) is 0 Å². The van der Waals surface area contributed by atoms with Gasteiger partial charge in [0.1, 0.15) is 0 Å². The summed E-state index contributed by atoms with van der Waals surface area (Å²) in [5, 5.41) is 4.32. The van der Waals surface area contributed by atoms with Crippen LogP contribution in [0.15, 0.2) is 29.2 Å². The fraction of sp³-hybridized carbons (Fsp3) is 0.600. The van der Waals surface area contributed by atoms with Gasteiger partial charge in [-0.1, -0.05) is 18.2 Å². The van der Waals surface area contributed by atoms with Gasteiger partial charge < -0.3 is 10.1 Å². The van der Waals surface area contributed by atoms with E-state index in [2.05, 4.69) is 34.5 Å². The molecule has 0 bridgehead atoms. The van der Waals surface area contributed by atoms with E-state index < -0.39 is 0 Å². The fourth-order valence-corrected chi connectivity index (χ4v) is 3.98. The highest BCUT2D eigenvalue weighted by atomic mass is 32.2. The Bertz CT molecular complexity index is 382. The van der Waals surface area contributed by atoms with Crippen LogP contribution < -0.4 is 5.32 Å². The third-order valence-corrected chi connectivity index (χ3v) is 5.11. The van der Waals surface area contributed by atoms with Crippen molar-refractivity contribution in [2.75, 3.05) is 45.9 Å². The molecule has 0 aromatic heterocycles. The SMILES string of the molecule is c1ccc2c(c1)CC(CNCCN1CCOCC1)S2. The molecular weight excluding hydrogens is 256 g/mol. The molecule has 4 heteroatoms. The van der Waals surface area contributed by atoms with Crippen LogP contribution in [0.1, 0.15) is 5.56 Å². The molecule has 104 valence electrons. The summed E-state index contributed by atoms with van der Waals surface area (Å²) in [6.07, 6.45) is 1.21. The summed E-state index contributed by atoms with van der Waals surface area (Å²) in [6.45, 7) is 7.32. The molecule has 1 unspecified atom stereocenters. The first kappa shape index (κ1) is 13.4. The Morgan fingerprint density at radius 2 is 2.11 bits per heavy atom. The van der Waals surface area contributed by atoms with E-state index in [1.165, 1.54) is 16.9 Å². The average Bonchev–Trinajstić information content (AvgIpc) is 2.87. The first-order chi connectivity index (χ1) is 9.42. The van der Waals surface area contributed by atoms with Crippen LogP contribution in [-0.2, 0) is 11.2 Å². The minimum absolute atomic E-state index is 0.710. The van der Waals surface area contributed by atoms with Crippen LogP contribution in [0.3, 0.4) is 0 Å². The topological polar surface area (TPSA) is 24.5 Å². The van der Waals surface area contributed by atoms with Crippen molar-refractivity contribution in [1.29, 1.82) is 0 Å². The number of hydrogen-bond donors (Lipinski definition) is 1. The molecule has 3 nitrogen and oxygen atoms in total. The zero-order valence-corrected chi connectivity index (χ0v) is 12.1. The van der Waals surface area contributed by atoms with Crippen molar-refractivity contribution in [2.24, 2.45) is 0 Å². The largest absolute Gasteiger partial charge is 0.379 e. The minimum Gasteiger partial charge on any atom is -0.379 e. The second-order valence-corrected chi connectivity index (χ2v) is 6.55. The van der Waals surface area contributed by atoms with Crippen molar-refractivity contribution < 1.29 is 4.74 Å². The van der Waals surface area contributed by atoms with Crippen molar-refractivity contribution in [1.82, 2.24) is 10.2 Å². The maximum absolute atomic E-state index is 5.36. The third-order valence-electron chi connectivity index (χ3n) is 3.79. The zero-order valence-electron chi connectivity index (χ0n) is 11.3. The fourth-order valence-electron chi connectivity index (χ4n) is 2.69. The van der Waals surface area contributed by atoms with E-state index >= 15 is 0 Å². The van der Waals surface area contributed by atoms with Gasteiger partial charge in [-0.2, -0.15) is 0 Å². The van der Waals surface area contributed by atoms with Crippen LogP contribution in [0.2, 0.25) is 0 Å². The molecule has 2 heterocycles. The number of thioether (sulfide) groups is 1. The van der Waals surface area contributed by atoms with Crippen LogP contribution in [0.25, 0.3) is 0 Å². The van der Waals surface area contributed by atoms with Crippen LogP contribution >= 0.6 is 11.8 Å². The molecule has 1 atom stereocenters. The lowest BCUT2D eigenvalue weighted by atomic mass is 10.1. The molecular formula is C15H22N2OS. The molecule has 3 rings (SSSR count).